The first-order valence-corrected chi connectivity index (χ1v) is 13.0. The molecule has 3 heteroatoms. The smallest absolute Gasteiger partial charge is 0.156 e. The van der Waals surface area contributed by atoms with Crippen LogP contribution in [0.25, 0.3) is 0 Å². The van der Waals surface area contributed by atoms with Gasteiger partial charge in [0.15, 0.2) is 5.78 Å². The molecule has 6 atom stereocenters. The van der Waals surface area contributed by atoms with E-state index in [2.05, 4.69) is 63.2 Å². The van der Waals surface area contributed by atoms with Crippen LogP contribution in [0.15, 0.2) is 58.9 Å². The topological polar surface area (TPSA) is 40.5 Å². The maximum absolute atomic E-state index is 12.3. The summed E-state index contributed by atoms with van der Waals surface area (Å²) in [5.41, 5.74) is 4.95. The molecule has 5 aliphatic rings. The van der Waals surface area contributed by atoms with Crippen LogP contribution in [0.4, 0.5) is 0 Å². The van der Waals surface area contributed by atoms with E-state index in [4.69, 9.17) is 0 Å². The van der Waals surface area contributed by atoms with E-state index >= 15 is 0 Å². The SMILES string of the molecule is C/C=C\[C@]1(O)CC[C@H]2[C@@H]3CCC4=CC(=O)CCC4=C3[C@@H](C3(C)C=CC(N(C)C)=CC3)C[C@@]21C. The molecule has 1 N–H and O–H groups in total. The molecule has 2 saturated carbocycles. The van der Waals surface area contributed by atoms with Crippen LogP contribution in [0.1, 0.15) is 72.1 Å². The molecule has 178 valence electrons. The number of carbonyl (C=O) groups excluding carboxylic acids is 1. The van der Waals surface area contributed by atoms with Gasteiger partial charge in [-0.3, -0.25) is 4.79 Å². The van der Waals surface area contributed by atoms with E-state index in [9.17, 15) is 9.90 Å². The summed E-state index contributed by atoms with van der Waals surface area (Å²) in [6.07, 6.45) is 21.0. The molecule has 0 aromatic carbocycles. The fraction of sp³-hybridized carbons (Fsp3) is 0.633. The molecule has 0 saturated heterocycles. The quantitative estimate of drug-likeness (QED) is 0.529. The average molecular weight is 448 g/mol. The fourth-order valence-corrected chi connectivity index (χ4v) is 8.16. The number of rotatable bonds is 3. The van der Waals surface area contributed by atoms with Gasteiger partial charge in [-0.2, -0.15) is 0 Å². The molecule has 0 heterocycles. The summed E-state index contributed by atoms with van der Waals surface area (Å²) in [6, 6.07) is 0. The van der Waals surface area contributed by atoms with Gasteiger partial charge in [0.25, 0.3) is 0 Å². The zero-order valence-corrected chi connectivity index (χ0v) is 21.2. The van der Waals surface area contributed by atoms with Crippen molar-refractivity contribution in [2.45, 2.75) is 77.7 Å². The summed E-state index contributed by atoms with van der Waals surface area (Å²) >= 11 is 0. The molecule has 0 aliphatic heterocycles. The number of nitrogens with zero attached hydrogens (tertiary/aromatic N) is 1. The second kappa shape index (κ2) is 7.83. The Kier molecular flexibility index (Phi) is 5.44. The van der Waals surface area contributed by atoms with E-state index in [0.29, 0.717) is 30.0 Å². The number of hydrogen-bond acceptors (Lipinski definition) is 3. The van der Waals surface area contributed by atoms with Crippen molar-refractivity contribution < 1.29 is 9.90 Å². The van der Waals surface area contributed by atoms with Gasteiger partial charge in [0.1, 0.15) is 0 Å². The second-order valence-electron chi connectivity index (χ2n) is 12.0. The van der Waals surface area contributed by atoms with E-state index in [0.717, 1.165) is 44.9 Å². The minimum Gasteiger partial charge on any atom is -0.385 e. The molecule has 3 nitrogen and oxygen atoms in total. The highest BCUT2D eigenvalue weighted by Gasteiger charge is 2.63. The average Bonchev–Trinajstić information content (AvgIpc) is 3.03. The number of fused-ring (bicyclic) bond motifs is 4. The third-order valence-electron chi connectivity index (χ3n) is 10.1. The van der Waals surface area contributed by atoms with Crippen molar-refractivity contribution in [3.63, 3.8) is 0 Å². The third-order valence-corrected chi connectivity index (χ3v) is 10.1. The molecular weight excluding hydrogens is 406 g/mol. The molecule has 0 amide bonds. The molecule has 0 aromatic heterocycles. The van der Waals surface area contributed by atoms with E-state index in [1.165, 1.54) is 16.8 Å². The molecule has 2 fully saturated rings. The Morgan fingerprint density at radius 2 is 1.94 bits per heavy atom. The number of allylic oxidation sites excluding steroid dienone is 8. The van der Waals surface area contributed by atoms with Crippen LogP contribution in [0.5, 0.6) is 0 Å². The Labute approximate surface area is 200 Å². The lowest BCUT2D eigenvalue weighted by Gasteiger charge is -2.57. The first-order chi connectivity index (χ1) is 15.6. The van der Waals surface area contributed by atoms with Crippen molar-refractivity contribution in [3.8, 4) is 0 Å². The summed E-state index contributed by atoms with van der Waals surface area (Å²) in [5.74, 6) is 1.73. The van der Waals surface area contributed by atoms with Crippen molar-refractivity contribution in [1.29, 1.82) is 0 Å². The minimum absolute atomic E-state index is 0.0252. The van der Waals surface area contributed by atoms with Crippen molar-refractivity contribution >= 4 is 5.78 Å². The minimum atomic E-state index is -0.723. The van der Waals surface area contributed by atoms with Crippen molar-refractivity contribution in [3.05, 3.63) is 58.9 Å². The monoisotopic (exact) mass is 447 g/mol. The lowest BCUT2D eigenvalue weighted by atomic mass is 9.47. The molecule has 5 rings (SSSR count). The Morgan fingerprint density at radius 3 is 2.61 bits per heavy atom. The van der Waals surface area contributed by atoms with Crippen LogP contribution in [0, 0.1) is 28.6 Å². The highest BCUT2D eigenvalue weighted by molar-refractivity contribution is 5.93. The second-order valence-corrected chi connectivity index (χ2v) is 12.0. The summed E-state index contributed by atoms with van der Waals surface area (Å²) in [4.78, 5) is 14.4. The molecule has 1 unspecified atom stereocenters. The van der Waals surface area contributed by atoms with Gasteiger partial charge in [-0.25, -0.2) is 0 Å². The van der Waals surface area contributed by atoms with Crippen LogP contribution in [0.2, 0.25) is 0 Å². The molecule has 0 spiro atoms. The summed E-state index contributed by atoms with van der Waals surface area (Å²) < 4.78 is 0. The normalized spacial score (nSPS) is 42.6. The number of ketones is 1. The van der Waals surface area contributed by atoms with Crippen LogP contribution in [-0.2, 0) is 4.79 Å². The van der Waals surface area contributed by atoms with Crippen LogP contribution in [0.3, 0.4) is 0 Å². The fourth-order valence-electron chi connectivity index (χ4n) is 8.16. The van der Waals surface area contributed by atoms with E-state index in [-0.39, 0.29) is 10.8 Å². The predicted molar refractivity (Wildman–Crippen MR) is 134 cm³/mol. The molecule has 0 aromatic rings. The summed E-state index contributed by atoms with van der Waals surface area (Å²) in [7, 11) is 4.22. The number of carbonyl (C=O) groups is 1. The van der Waals surface area contributed by atoms with Gasteiger partial charge in [0, 0.05) is 31.6 Å². The molecule has 0 radical (unpaired) electrons. The standard InChI is InChI=1S/C30H41NO2/c1-6-14-30(33)17-13-25-24-9-7-20-18-22(32)8-10-23(20)27(24)26(19-29(25,30)3)28(2)15-11-21(12-16-28)31(4)5/h6,11-12,14-15,18,24-26,33H,7-10,13,16-17,19H2,1-5H3/b14-6-/t24-,25-,26-,28?,29-,30-/m0/s1. The Hall–Kier alpha value is -1.87. The largest absolute Gasteiger partial charge is 0.385 e. The first kappa shape index (κ1) is 22.9. The van der Waals surface area contributed by atoms with Gasteiger partial charge in [0.2, 0.25) is 0 Å². The highest BCUT2D eigenvalue weighted by atomic mass is 16.3. The zero-order valence-electron chi connectivity index (χ0n) is 21.2. The van der Waals surface area contributed by atoms with Crippen LogP contribution >= 0.6 is 0 Å². The molecule has 5 aliphatic carbocycles. The van der Waals surface area contributed by atoms with Crippen LogP contribution in [-0.4, -0.2) is 35.5 Å². The Bertz CT molecular complexity index is 1010. The van der Waals surface area contributed by atoms with Gasteiger partial charge in [-0.15, -0.1) is 0 Å². The van der Waals surface area contributed by atoms with Crippen molar-refractivity contribution in [1.82, 2.24) is 4.90 Å². The van der Waals surface area contributed by atoms with Gasteiger partial charge < -0.3 is 10.0 Å². The van der Waals surface area contributed by atoms with Gasteiger partial charge in [-0.1, -0.05) is 43.7 Å². The van der Waals surface area contributed by atoms with Gasteiger partial charge in [0.05, 0.1) is 5.60 Å². The number of hydrogen-bond donors (Lipinski definition) is 1. The summed E-state index contributed by atoms with van der Waals surface area (Å²) in [6.45, 7) is 6.85. The highest BCUT2D eigenvalue weighted by Crippen LogP contribution is 2.68. The number of aliphatic hydroxyl groups is 1. The van der Waals surface area contributed by atoms with E-state index in [1.54, 1.807) is 5.57 Å². The maximum atomic E-state index is 12.3. The molecule has 0 bridgehead atoms. The van der Waals surface area contributed by atoms with Crippen molar-refractivity contribution in [2.24, 2.45) is 28.6 Å². The molecular formula is C30H41NO2. The number of likely N-dealkylation sites (N-methyl/N-ethyl adjacent to an activating group) is 1. The third kappa shape index (κ3) is 3.37. The predicted octanol–water partition coefficient (Wildman–Crippen LogP) is 6.14. The maximum Gasteiger partial charge on any atom is 0.156 e. The Balaban J connectivity index is 1.65. The lowest BCUT2D eigenvalue weighted by molar-refractivity contribution is -0.114. The zero-order chi connectivity index (χ0) is 23.6. The van der Waals surface area contributed by atoms with E-state index in [1.807, 2.05) is 13.0 Å². The van der Waals surface area contributed by atoms with Crippen molar-refractivity contribution in [2.75, 3.05) is 14.1 Å². The first-order valence-electron chi connectivity index (χ1n) is 13.0. The molecule has 33 heavy (non-hydrogen) atoms. The van der Waals surface area contributed by atoms with E-state index < -0.39 is 5.60 Å². The van der Waals surface area contributed by atoms with Gasteiger partial charge >= 0.3 is 0 Å². The Morgan fingerprint density at radius 1 is 1.15 bits per heavy atom. The van der Waals surface area contributed by atoms with Crippen LogP contribution < -0.4 is 0 Å². The summed E-state index contributed by atoms with van der Waals surface area (Å²) in [5, 5.41) is 11.9. The lowest BCUT2D eigenvalue weighted by Crippen LogP contribution is -2.53. The van der Waals surface area contributed by atoms with Gasteiger partial charge in [-0.05, 0) is 98.3 Å².